The standard InChI is InChI=1S/C21H28N4O2/c1-2-3-5-25-18(26)16-17-23(6-4-7-24(17)20(25)27)19(22-16)21-11-13-8-14(12-21)10-15(21)9-13/h13-15H,2-12H2,1H3. The van der Waals surface area contributed by atoms with Crippen molar-refractivity contribution in [3.63, 3.8) is 0 Å². The Morgan fingerprint density at radius 2 is 1.81 bits per heavy atom. The summed E-state index contributed by atoms with van der Waals surface area (Å²) in [7, 11) is 0. The molecule has 0 aromatic carbocycles. The van der Waals surface area contributed by atoms with Crippen LogP contribution < -0.4 is 11.2 Å². The lowest BCUT2D eigenvalue weighted by Crippen LogP contribution is -2.42. The molecule has 3 heterocycles. The molecule has 0 spiro atoms. The number of hydrogen-bond donors (Lipinski definition) is 0. The summed E-state index contributed by atoms with van der Waals surface area (Å²) in [5.41, 5.74) is 1.21. The molecule has 2 unspecified atom stereocenters. The van der Waals surface area contributed by atoms with Crippen molar-refractivity contribution in [3.05, 3.63) is 26.7 Å². The Morgan fingerprint density at radius 1 is 1.07 bits per heavy atom. The predicted octanol–water partition coefficient (Wildman–Crippen LogP) is 2.64. The molecule has 144 valence electrons. The first-order valence-corrected chi connectivity index (χ1v) is 10.9. The third-order valence-electron chi connectivity index (χ3n) is 8.04. The van der Waals surface area contributed by atoms with Crippen LogP contribution in [0.3, 0.4) is 0 Å². The van der Waals surface area contributed by atoms with Gasteiger partial charge in [-0.2, -0.15) is 0 Å². The Bertz CT molecular complexity index is 1040. The number of imidazole rings is 1. The monoisotopic (exact) mass is 368 g/mol. The van der Waals surface area contributed by atoms with E-state index in [9.17, 15) is 9.59 Å². The van der Waals surface area contributed by atoms with E-state index < -0.39 is 0 Å². The zero-order chi connectivity index (χ0) is 18.3. The summed E-state index contributed by atoms with van der Waals surface area (Å²) < 4.78 is 5.55. The molecular formula is C21H28N4O2. The van der Waals surface area contributed by atoms with Crippen LogP contribution in [0.15, 0.2) is 9.59 Å². The lowest BCUT2D eigenvalue weighted by molar-refractivity contribution is 0.256. The smallest absolute Gasteiger partial charge is 0.313 e. The molecule has 6 nitrogen and oxygen atoms in total. The molecule has 0 amide bonds. The predicted molar refractivity (Wildman–Crippen MR) is 103 cm³/mol. The first kappa shape index (κ1) is 16.1. The Labute approximate surface area is 158 Å². The summed E-state index contributed by atoms with van der Waals surface area (Å²) in [5.74, 6) is 3.58. The Kier molecular flexibility index (Phi) is 3.20. The molecule has 5 aliphatic rings. The van der Waals surface area contributed by atoms with Gasteiger partial charge in [-0.25, -0.2) is 9.78 Å². The molecule has 4 aliphatic carbocycles. The van der Waals surface area contributed by atoms with Gasteiger partial charge in [0.25, 0.3) is 5.56 Å². The molecule has 2 aromatic rings. The minimum absolute atomic E-state index is 0.136. The minimum atomic E-state index is -0.171. The van der Waals surface area contributed by atoms with E-state index >= 15 is 0 Å². The van der Waals surface area contributed by atoms with Gasteiger partial charge in [0.05, 0.1) is 0 Å². The number of nitrogens with zero attached hydrogens (tertiary/aromatic N) is 4. The number of aromatic nitrogens is 4. The minimum Gasteiger partial charge on any atom is -0.313 e. The van der Waals surface area contributed by atoms with Gasteiger partial charge in [0.1, 0.15) is 11.5 Å². The topological polar surface area (TPSA) is 61.8 Å². The highest BCUT2D eigenvalue weighted by atomic mass is 16.2. The van der Waals surface area contributed by atoms with Crippen LogP contribution in [0.1, 0.15) is 64.1 Å². The molecule has 4 fully saturated rings. The zero-order valence-electron chi connectivity index (χ0n) is 16.1. The van der Waals surface area contributed by atoms with Crippen molar-refractivity contribution in [3.8, 4) is 0 Å². The fourth-order valence-electron chi connectivity index (χ4n) is 7.17. The van der Waals surface area contributed by atoms with Crippen LogP contribution in [-0.4, -0.2) is 18.7 Å². The van der Waals surface area contributed by atoms with Crippen LogP contribution in [0.25, 0.3) is 11.2 Å². The average molecular weight is 368 g/mol. The number of hydrogen-bond acceptors (Lipinski definition) is 3. The summed E-state index contributed by atoms with van der Waals surface area (Å²) in [5, 5.41) is 0. The molecule has 4 bridgehead atoms. The van der Waals surface area contributed by atoms with Gasteiger partial charge in [-0.05, 0) is 62.7 Å². The van der Waals surface area contributed by atoms with Crippen molar-refractivity contribution in [1.82, 2.24) is 18.7 Å². The van der Waals surface area contributed by atoms with Crippen LogP contribution in [-0.2, 0) is 25.0 Å². The Balaban J connectivity index is 1.61. The lowest BCUT2D eigenvalue weighted by Gasteiger charge is -2.33. The highest BCUT2D eigenvalue weighted by molar-refractivity contribution is 5.72. The molecule has 2 atom stereocenters. The maximum Gasteiger partial charge on any atom is 0.332 e. The summed E-state index contributed by atoms with van der Waals surface area (Å²) in [6.45, 7) is 4.19. The molecule has 0 radical (unpaired) electrons. The van der Waals surface area contributed by atoms with Gasteiger partial charge in [0.15, 0.2) is 5.52 Å². The fourth-order valence-corrected chi connectivity index (χ4v) is 7.17. The molecular weight excluding hydrogens is 340 g/mol. The second-order valence-electron chi connectivity index (χ2n) is 9.56. The van der Waals surface area contributed by atoms with E-state index in [1.807, 2.05) is 4.57 Å². The first-order chi connectivity index (χ1) is 13.1. The van der Waals surface area contributed by atoms with E-state index in [1.54, 1.807) is 0 Å². The fraction of sp³-hybridized carbons (Fsp3) is 0.762. The summed E-state index contributed by atoms with van der Waals surface area (Å²) in [4.78, 5) is 31.2. The van der Waals surface area contributed by atoms with Gasteiger partial charge >= 0.3 is 5.69 Å². The molecule has 7 rings (SSSR count). The third kappa shape index (κ3) is 1.94. The van der Waals surface area contributed by atoms with Crippen molar-refractivity contribution < 1.29 is 0 Å². The molecule has 0 saturated heterocycles. The lowest BCUT2D eigenvalue weighted by atomic mass is 9.75. The van der Waals surface area contributed by atoms with Crippen molar-refractivity contribution in [2.75, 3.05) is 0 Å². The SMILES string of the molecule is CCCCn1c(=O)c2nc(C34CC5CC(CC3C5)C4)n3c2n(c1=O)CCC3. The van der Waals surface area contributed by atoms with Crippen molar-refractivity contribution in [2.24, 2.45) is 17.8 Å². The molecule has 0 N–H and O–H groups in total. The second kappa shape index (κ2) is 5.36. The maximum atomic E-state index is 13.2. The van der Waals surface area contributed by atoms with Gasteiger partial charge in [-0.3, -0.25) is 13.9 Å². The maximum absolute atomic E-state index is 13.2. The largest absolute Gasteiger partial charge is 0.332 e. The van der Waals surface area contributed by atoms with Crippen LogP contribution in [0.4, 0.5) is 0 Å². The third-order valence-corrected chi connectivity index (χ3v) is 8.04. The van der Waals surface area contributed by atoms with Gasteiger partial charge in [0.2, 0.25) is 0 Å². The molecule has 2 aromatic heterocycles. The zero-order valence-corrected chi connectivity index (χ0v) is 16.1. The highest BCUT2D eigenvalue weighted by Gasteiger charge is 2.60. The first-order valence-electron chi connectivity index (χ1n) is 10.9. The van der Waals surface area contributed by atoms with Crippen molar-refractivity contribution in [2.45, 2.75) is 83.3 Å². The number of unbranched alkanes of at least 4 members (excludes halogenated alkanes) is 1. The normalized spacial score (nSPS) is 33.4. The second-order valence-corrected chi connectivity index (χ2v) is 9.56. The van der Waals surface area contributed by atoms with Crippen molar-refractivity contribution >= 4 is 11.2 Å². The van der Waals surface area contributed by atoms with E-state index in [1.165, 1.54) is 36.7 Å². The summed E-state index contributed by atoms with van der Waals surface area (Å²) in [6.07, 6.45) is 9.33. The van der Waals surface area contributed by atoms with Gasteiger partial charge in [-0.15, -0.1) is 0 Å². The summed E-state index contributed by atoms with van der Waals surface area (Å²) >= 11 is 0. The van der Waals surface area contributed by atoms with E-state index in [0.29, 0.717) is 18.6 Å². The van der Waals surface area contributed by atoms with E-state index in [2.05, 4.69) is 11.5 Å². The quantitative estimate of drug-likeness (QED) is 0.833. The molecule has 27 heavy (non-hydrogen) atoms. The van der Waals surface area contributed by atoms with E-state index in [-0.39, 0.29) is 16.7 Å². The van der Waals surface area contributed by atoms with Gasteiger partial charge in [0, 0.05) is 25.0 Å². The van der Waals surface area contributed by atoms with E-state index in [0.717, 1.165) is 55.0 Å². The van der Waals surface area contributed by atoms with Crippen LogP contribution >= 0.6 is 0 Å². The Morgan fingerprint density at radius 3 is 2.56 bits per heavy atom. The Hall–Kier alpha value is -1.85. The van der Waals surface area contributed by atoms with Crippen molar-refractivity contribution in [1.29, 1.82) is 0 Å². The molecule has 6 heteroatoms. The van der Waals surface area contributed by atoms with Gasteiger partial charge < -0.3 is 4.57 Å². The molecule has 1 aliphatic heterocycles. The van der Waals surface area contributed by atoms with Gasteiger partial charge in [-0.1, -0.05) is 13.3 Å². The van der Waals surface area contributed by atoms with Crippen LogP contribution in [0, 0.1) is 17.8 Å². The van der Waals surface area contributed by atoms with Crippen LogP contribution in [0.5, 0.6) is 0 Å². The van der Waals surface area contributed by atoms with E-state index in [4.69, 9.17) is 4.98 Å². The average Bonchev–Trinajstić information content (AvgIpc) is 3.25. The number of rotatable bonds is 4. The molecule has 4 saturated carbocycles. The van der Waals surface area contributed by atoms with Crippen LogP contribution in [0.2, 0.25) is 0 Å². The highest BCUT2D eigenvalue weighted by Crippen LogP contribution is 2.65. The number of aryl methyl sites for hydroxylation is 2. The summed E-state index contributed by atoms with van der Waals surface area (Å²) in [6, 6.07) is 0.